The Morgan fingerprint density at radius 3 is 2.48 bits per heavy atom. The molecule has 0 aliphatic rings. The quantitative estimate of drug-likeness (QED) is 0.861. The Hall–Kier alpha value is -1.06. The molecule has 0 amide bonds. The molecule has 0 aromatic heterocycles. The predicted molar refractivity (Wildman–Crippen MR) is 88.4 cm³/mol. The SMILES string of the molecule is C[NH+](C)CCO[C@H](c1cccc(Cl)c1)c1ccccc1Cl. The van der Waals surface area contributed by atoms with Gasteiger partial charge >= 0.3 is 0 Å². The summed E-state index contributed by atoms with van der Waals surface area (Å²) in [7, 11) is 4.21. The Morgan fingerprint density at radius 1 is 1.05 bits per heavy atom. The van der Waals surface area contributed by atoms with Crippen molar-refractivity contribution in [3.8, 4) is 0 Å². The van der Waals surface area contributed by atoms with Crippen molar-refractivity contribution in [1.82, 2.24) is 0 Å². The summed E-state index contributed by atoms with van der Waals surface area (Å²) in [5.74, 6) is 0. The van der Waals surface area contributed by atoms with Crippen LogP contribution >= 0.6 is 23.2 Å². The van der Waals surface area contributed by atoms with Crippen molar-refractivity contribution in [3.63, 3.8) is 0 Å². The van der Waals surface area contributed by atoms with E-state index in [9.17, 15) is 0 Å². The van der Waals surface area contributed by atoms with Gasteiger partial charge in [0, 0.05) is 15.6 Å². The molecule has 1 N–H and O–H groups in total. The minimum absolute atomic E-state index is 0.197. The van der Waals surface area contributed by atoms with Crippen LogP contribution in [0.15, 0.2) is 48.5 Å². The van der Waals surface area contributed by atoms with Gasteiger partial charge in [0.05, 0.1) is 20.7 Å². The van der Waals surface area contributed by atoms with Crippen molar-refractivity contribution < 1.29 is 9.64 Å². The number of rotatable bonds is 6. The second-order valence-corrected chi connectivity index (χ2v) is 6.13. The minimum atomic E-state index is -0.197. The number of hydrogen-bond acceptors (Lipinski definition) is 1. The molecule has 0 spiro atoms. The zero-order chi connectivity index (χ0) is 15.2. The maximum absolute atomic E-state index is 6.33. The fourth-order valence-corrected chi connectivity index (χ4v) is 2.54. The van der Waals surface area contributed by atoms with Crippen molar-refractivity contribution in [2.24, 2.45) is 0 Å². The van der Waals surface area contributed by atoms with Gasteiger partial charge in [-0.1, -0.05) is 53.5 Å². The number of likely N-dealkylation sites (N-methyl/N-ethyl adjacent to an activating group) is 1. The number of halogens is 2. The predicted octanol–water partition coefficient (Wildman–Crippen LogP) is 3.24. The molecule has 1 atom stereocenters. The van der Waals surface area contributed by atoms with Crippen LogP contribution in [0.3, 0.4) is 0 Å². The van der Waals surface area contributed by atoms with E-state index in [2.05, 4.69) is 14.1 Å². The lowest BCUT2D eigenvalue weighted by Gasteiger charge is -2.20. The summed E-state index contributed by atoms with van der Waals surface area (Å²) in [6.07, 6.45) is -0.197. The van der Waals surface area contributed by atoms with Crippen LogP contribution in [-0.4, -0.2) is 27.2 Å². The molecule has 0 saturated heterocycles. The summed E-state index contributed by atoms with van der Waals surface area (Å²) >= 11 is 12.4. The smallest absolute Gasteiger partial charge is 0.109 e. The Morgan fingerprint density at radius 2 is 1.81 bits per heavy atom. The second kappa shape index (κ2) is 7.81. The average molecular weight is 325 g/mol. The molecule has 0 bridgehead atoms. The summed E-state index contributed by atoms with van der Waals surface area (Å²) in [5, 5.41) is 1.41. The first kappa shape index (κ1) is 16.3. The van der Waals surface area contributed by atoms with Crippen LogP contribution in [0.5, 0.6) is 0 Å². The van der Waals surface area contributed by atoms with Crippen molar-refractivity contribution in [3.05, 3.63) is 69.7 Å². The van der Waals surface area contributed by atoms with E-state index in [4.69, 9.17) is 27.9 Å². The molecular formula is C17H20Cl2NO+. The molecule has 112 valence electrons. The van der Waals surface area contributed by atoms with Crippen molar-refractivity contribution in [1.29, 1.82) is 0 Å². The van der Waals surface area contributed by atoms with Gasteiger partial charge in [-0.15, -0.1) is 0 Å². The highest BCUT2D eigenvalue weighted by Gasteiger charge is 2.18. The fraction of sp³-hybridized carbons (Fsp3) is 0.294. The third-order valence-electron chi connectivity index (χ3n) is 3.23. The molecule has 0 fully saturated rings. The zero-order valence-corrected chi connectivity index (χ0v) is 13.8. The Kier molecular flexibility index (Phi) is 6.07. The highest BCUT2D eigenvalue weighted by Crippen LogP contribution is 2.32. The van der Waals surface area contributed by atoms with Gasteiger partial charge in [0.2, 0.25) is 0 Å². The summed E-state index contributed by atoms with van der Waals surface area (Å²) in [6, 6.07) is 15.5. The van der Waals surface area contributed by atoms with E-state index >= 15 is 0 Å². The molecule has 0 unspecified atom stereocenters. The zero-order valence-electron chi connectivity index (χ0n) is 12.3. The molecule has 2 aromatic carbocycles. The molecule has 21 heavy (non-hydrogen) atoms. The summed E-state index contributed by atoms with van der Waals surface area (Å²) in [6.45, 7) is 1.59. The van der Waals surface area contributed by atoms with Crippen LogP contribution in [0, 0.1) is 0 Å². The summed E-state index contributed by atoms with van der Waals surface area (Å²) < 4.78 is 6.10. The molecule has 0 aliphatic heterocycles. The first-order chi connectivity index (χ1) is 10.1. The first-order valence-corrected chi connectivity index (χ1v) is 7.74. The molecule has 0 heterocycles. The molecule has 4 heteroatoms. The van der Waals surface area contributed by atoms with Gasteiger partial charge in [-0.3, -0.25) is 0 Å². The molecule has 0 aliphatic carbocycles. The van der Waals surface area contributed by atoms with E-state index in [-0.39, 0.29) is 6.10 Å². The van der Waals surface area contributed by atoms with Crippen molar-refractivity contribution in [2.75, 3.05) is 27.2 Å². The largest absolute Gasteiger partial charge is 0.363 e. The van der Waals surface area contributed by atoms with E-state index in [1.165, 1.54) is 4.90 Å². The van der Waals surface area contributed by atoms with E-state index in [1.54, 1.807) is 0 Å². The third-order valence-corrected chi connectivity index (χ3v) is 3.80. The van der Waals surface area contributed by atoms with Crippen LogP contribution in [0.25, 0.3) is 0 Å². The molecule has 2 nitrogen and oxygen atoms in total. The highest BCUT2D eigenvalue weighted by atomic mass is 35.5. The lowest BCUT2D eigenvalue weighted by atomic mass is 10.0. The van der Waals surface area contributed by atoms with E-state index in [1.807, 2.05) is 48.5 Å². The molecule has 2 rings (SSSR count). The topological polar surface area (TPSA) is 13.7 Å². The van der Waals surface area contributed by atoms with Gasteiger partial charge in [0.1, 0.15) is 12.6 Å². The van der Waals surface area contributed by atoms with Crippen LogP contribution in [-0.2, 0) is 4.74 Å². The molecule has 0 radical (unpaired) electrons. The number of quaternary nitrogens is 1. The van der Waals surface area contributed by atoms with Gasteiger partial charge in [-0.25, -0.2) is 0 Å². The van der Waals surface area contributed by atoms with Gasteiger partial charge in [-0.05, 0) is 23.8 Å². The van der Waals surface area contributed by atoms with Gasteiger partial charge in [0.15, 0.2) is 0 Å². The minimum Gasteiger partial charge on any atom is -0.363 e. The molecule has 2 aromatic rings. The highest BCUT2D eigenvalue weighted by molar-refractivity contribution is 6.31. The van der Waals surface area contributed by atoms with Crippen molar-refractivity contribution in [2.45, 2.75) is 6.10 Å². The van der Waals surface area contributed by atoms with Gasteiger partial charge in [0.25, 0.3) is 0 Å². The number of benzene rings is 2. The average Bonchev–Trinajstić information content (AvgIpc) is 2.44. The first-order valence-electron chi connectivity index (χ1n) is 6.98. The maximum atomic E-state index is 6.33. The lowest BCUT2D eigenvalue weighted by Crippen LogP contribution is -3.06. The monoisotopic (exact) mass is 324 g/mol. The van der Waals surface area contributed by atoms with E-state index < -0.39 is 0 Å². The van der Waals surface area contributed by atoms with Crippen molar-refractivity contribution >= 4 is 23.2 Å². The normalized spacial score (nSPS) is 12.6. The van der Waals surface area contributed by atoms with Crippen LogP contribution in [0.2, 0.25) is 10.0 Å². The second-order valence-electron chi connectivity index (χ2n) is 5.28. The molecular weight excluding hydrogens is 305 g/mol. The Balaban J connectivity index is 2.28. The number of ether oxygens (including phenoxy) is 1. The van der Waals surface area contributed by atoms with Gasteiger partial charge in [-0.2, -0.15) is 0 Å². The third kappa shape index (κ3) is 4.72. The Labute approximate surface area is 136 Å². The summed E-state index contributed by atoms with van der Waals surface area (Å²) in [4.78, 5) is 1.35. The summed E-state index contributed by atoms with van der Waals surface area (Å²) in [5.41, 5.74) is 1.99. The molecule has 0 saturated carbocycles. The van der Waals surface area contributed by atoms with Gasteiger partial charge < -0.3 is 9.64 Å². The lowest BCUT2D eigenvalue weighted by molar-refractivity contribution is -0.858. The van der Waals surface area contributed by atoms with Crippen LogP contribution < -0.4 is 4.90 Å². The number of nitrogens with one attached hydrogen (secondary N) is 1. The Bertz CT molecular complexity index is 587. The number of hydrogen-bond donors (Lipinski definition) is 1. The fourth-order valence-electron chi connectivity index (χ4n) is 2.10. The standard InChI is InChI=1S/C17H19Cl2NO/c1-20(2)10-11-21-17(13-6-5-7-14(18)12-13)15-8-3-4-9-16(15)19/h3-9,12,17H,10-11H2,1-2H3/p+1/t17-/m1/s1. The van der Waals surface area contributed by atoms with E-state index in [0.717, 1.165) is 17.7 Å². The van der Waals surface area contributed by atoms with Crippen LogP contribution in [0.4, 0.5) is 0 Å². The van der Waals surface area contributed by atoms with E-state index in [0.29, 0.717) is 16.7 Å². The van der Waals surface area contributed by atoms with Crippen LogP contribution in [0.1, 0.15) is 17.2 Å². The maximum Gasteiger partial charge on any atom is 0.109 e.